The largest absolute Gasteiger partial charge is 0.493 e. The molecule has 108 valence electrons. The van der Waals surface area contributed by atoms with Crippen LogP contribution in [0, 0.1) is 18.3 Å². The van der Waals surface area contributed by atoms with Crippen molar-refractivity contribution in [1.29, 1.82) is 5.26 Å². The number of nitrogens with two attached hydrogens (primary N) is 1. The molecule has 2 N–H and O–H groups in total. The van der Waals surface area contributed by atoms with Crippen LogP contribution in [-0.4, -0.2) is 44.4 Å². The quantitative estimate of drug-likeness (QED) is 0.652. The number of hydrogen-bond acceptors (Lipinski definition) is 5. The highest BCUT2D eigenvalue weighted by molar-refractivity contribution is 5.59. The zero-order valence-corrected chi connectivity index (χ0v) is 11.9. The molecule has 0 radical (unpaired) electrons. The highest BCUT2D eigenvalue weighted by atomic mass is 16.5. The standard InChI is InChI=1S/C15H21N3O2/c1-12-9-13(11-16)14(17)10-15(12)20-6-2-3-18-4-7-19-8-5-18/h9-10H,2-8,17H2,1H3. The Bertz CT molecular complexity index is 491. The normalized spacial score (nSPS) is 15.8. The molecule has 1 aliphatic heterocycles. The van der Waals surface area contributed by atoms with Gasteiger partial charge in [0.1, 0.15) is 11.8 Å². The van der Waals surface area contributed by atoms with Gasteiger partial charge in [-0.25, -0.2) is 0 Å². The third-order valence-electron chi connectivity index (χ3n) is 3.45. The van der Waals surface area contributed by atoms with Gasteiger partial charge in [-0.05, 0) is 25.0 Å². The van der Waals surface area contributed by atoms with E-state index in [0.717, 1.165) is 50.6 Å². The molecule has 0 aromatic heterocycles. The molecular weight excluding hydrogens is 254 g/mol. The maximum Gasteiger partial charge on any atom is 0.124 e. The minimum Gasteiger partial charge on any atom is -0.493 e. The van der Waals surface area contributed by atoms with Gasteiger partial charge in [-0.3, -0.25) is 4.90 Å². The summed E-state index contributed by atoms with van der Waals surface area (Å²) in [6.07, 6.45) is 0.972. The molecule has 5 nitrogen and oxygen atoms in total. The minimum atomic E-state index is 0.473. The number of aryl methyl sites for hydroxylation is 1. The predicted octanol–water partition coefficient (Wildman–Crippen LogP) is 1.55. The number of rotatable bonds is 5. The Morgan fingerprint density at radius 3 is 2.85 bits per heavy atom. The van der Waals surface area contributed by atoms with E-state index in [-0.39, 0.29) is 0 Å². The lowest BCUT2D eigenvalue weighted by atomic mass is 10.1. The zero-order chi connectivity index (χ0) is 14.4. The molecule has 1 aromatic rings. The minimum absolute atomic E-state index is 0.473. The molecule has 0 saturated carbocycles. The molecule has 0 amide bonds. The number of nitrogen functional groups attached to an aromatic ring is 1. The highest BCUT2D eigenvalue weighted by Gasteiger charge is 2.10. The van der Waals surface area contributed by atoms with Gasteiger partial charge in [-0.2, -0.15) is 5.26 Å². The molecule has 5 heteroatoms. The van der Waals surface area contributed by atoms with Crippen LogP contribution in [0.15, 0.2) is 12.1 Å². The highest BCUT2D eigenvalue weighted by Crippen LogP contribution is 2.24. The Morgan fingerprint density at radius 1 is 1.40 bits per heavy atom. The molecule has 0 spiro atoms. The third kappa shape index (κ3) is 3.86. The second-order valence-corrected chi connectivity index (χ2v) is 4.97. The van der Waals surface area contributed by atoms with Crippen molar-refractivity contribution in [3.05, 3.63) is 23.3 Å². The number of hydrogen-bond donors (Lipinski definition) is 1. The fourth-order valence-corrected chi connectivity index (χ4v) is 2.25. The topological polar surface area (TPSA) is 71.5 Å². The molecule has 1 heterocycles. The van der Waals surface area contributed by atoms with Crippen LogP contribution in [0.25, 0.3) is 0 Å². The number of anilines is 1. The van der Waals surface area contributed by atoms with Crippen LogP contribution in [0.1, 0.15) is 17.5 Å². The van der Waals surface area contributed by atoms with Crippen LogP contribution in [0.3, 0.4) is 0 Å². The van der Waals surface area contributed by atoms with E-state index in [1.807, 2.05) is 6.92 Å². The number of benzene rings is 1. The Morgan fingerprint density at radius 2 is 2.15 bits per heavy atom. The molecule has 1 aliphatic rings. The lowest BCUT2D eigenvalue weighted by Gasteiger charge is -2.26. The second kappa shape index (κ2) is 7.13. The van der Waals surface area contributed by atoms with Gasteiger partial charge in [-0.1, -0.05) is 0 Å². The number of nitriles is 1. The van der Waals surface area contributed by atoms with E-state index in [0.29, 0.717) is 17.9 Å². The lowest BCUT2D eigenvalue weighted by Crippen LogP contribution is -2.37. The first-order valence-electron chi connectivity index (χ1n) is 6.94. The van der Waals surface area contributed by atoms with Crippen molar-refractivity contribution in [3.63, 3.8) is 0 Å². The summed E-state index contributed by atoms with van der Waals surface area (Å²) >= 11 is 0. The molecule has 0 atom stereocenters. The van der Waals surface area contributed by atoms with Crippen LogP contribution < -0.4 is 10.5 Å². The summed E-state index contributed by atoms with van der Waals surface area (Å²) < 4.78 is 11.1. The maximum absolute atomic E-state index is 8.91. The summed E-state index contributed by atoms with van der Waals surface area (Å²) in [5.41, 5.74) is 7.72. The van der Waals surface area contributed by atoms with Gasteiger partial charge in [0.15, 0.2) is 0 Å². The van der Waals surface area contributed by atoms with Crippen molar-refractivity contribution in [2.24, 2.45) is 0 Å². The molecule has 20 heavy (non-hydrogen) atoms. The molecule has 2 rings (SSSR count). The Balaban J connectivity index is 1.79. The summed E-state index contributed by atoms with van der Waals surface area (Å²) in [4.78, 5) is 2.38. The molecule has 1 aromatic carbocycles. The van der Waals surface area contributed by atoms with E-state index in [9.17, 15) is 0 Å². The van der Waals surface area contributed by atoms with E-state index >= 15 is 0 Å². The summed E-state index contributed by atoms with van der Waals surface area (Å²) in [5.74, 6) is 0.767. The first kappa shape index (κ1) is 14.6. The van der Waals surface area contributed by atoms with Crippen molar-refractivity contribution < 1.29 is 9.47 Å². The molecule has 1 fully saturated rings. The summed E-state index contributed by atoms with van der Waals surface area (Å²) in [5, 5.41) is 8.91. The van der Waals surface area contributed by atoms with Crippen molar-refractivity contribution in [2.45, 2.75) is 13.3 Å². The second-order valence-electron chi connectivity index (χ2n) is 4.97. The fraction of sp³-hybridized carbons (Fsp3) is 0.533. The molecule has 0 bridgehead atoms. The van der Waals surface area contributed by atoms with Crippen molar-refractivity contribution in [1.82, 2.24) is 4.90 Å². The number of nitrogens with zero attached hydrogens (tertiary/aromatic N) is 2. The van der Waals surface area contributed by atoms with E-state index in [1.54, 1.807) is 12.1 Å². The molecule has 1 saturated heterocycles. The van der Waals surface area contributed by atoms with Gasteiger partial charge in [0.2, 0.25) is 0 Å². The van der Waals surface area contributed by atoms with Gasteiger partial charge >= 0.3 is 0 Å². The van der Waals surface area contributed by atoms with E-state index < -0.39 is 0 Å². The van der Waals surface area contributed by atoms with E-state index in [4.69, 9.17) is 20.5 Å². The Kier molecular flexibility index (Phi) is 5.22. The number of morpholine rings is 1. The third-order valence-corrected chi connectivity index (χ3v) is 3.45. The van der Waals surface area contributed by atoms with Gasteiger partial charge in [-0.15, -0.1) is 0 Å². The average molecular weight is 275 g/mol. The van der Waals surface area contributed by atoms with E-state index in [2.05, 4.69) is 11.0 Å². The fourth-order valence-electron chi connectivity index (χ4n) is 2.25. The van der Waals surface area contributed by atoms with Gasteiger partial charge in [0, 0.05) is 25.7 Å². The van der Waals surface area contributed by atoms with Gasteiger partial charge in [0.05, 0.1) is 31.1 Å². The Labute approximate surface area is 119 Å². The van der Waals surface area contributed by atoms with Crippen molar-refractivity contribution in [2.75, 3.05) is 45.2 Å². The summed E-state index contributed by atoms with van der Waals surface area (Å²) in [7, 11) is 0. The predicted molar refractivity (Wildman–Crippen MR) is 77.7 cm³/mol. The first-order chi connectivity index (χ1) is 9.70. The molecule has 0 unspecified atom stereocenters. The summed E-state index contributed by atoms with van der Waals surface area (Å²) in [6, 6.07) is 5.58. The SMILES string of the molecule is Cc1cc(C#N)c(N)cc1OCCCN1CCOCC1. The number of ether oxygens (including phenoxy) is 2. The van der Waals surface area contributed by atoms with Crippen LogP contribution in [0.2, 0.25) is 0 Å². The monoisotopic (exact) mass is 275 g/mol. The van der Waals surface area contributed by atoms with Crippen molar-refractivity contribution in [3.8, 4) is 11.8 Å². The molecular formula is C15H21N3O2. The average Bonchev–Trinajstić information content (AvgIpc) is 2.47. The van der Waals surface area contributed by atoms with Gasteiger partial charge < -0.3 is 15.2 Å². The van der Waals surface area contributed by atoms with Crippen LogP contribution in [-0.2, 0) is 4.74 Å². The smallest absolute Gasteiger partial charge is 0.124 e. The van der Waals surface area contributed by atoms with Crippen molar-refractivity contribution >= 4 is 5.69 Å². The van der Waals surface area contributed by atoms with E-state index in [1.165, 1.54) is 0 Å². The molecule has 0 aliphatic carbocycles. The zero-order valence-electron chi connectivity index (χ0n) is 11.9. The van der Waals surface area contributed by atoms with Crippen LogP contribution in [0.5, 0.6) is 5.75 Å². The lowest BCUT2D eigenvalue weighted by molar-refractivity contribution is 0.0358. The maximum atomic E-state index is 8.91. The Hall–Kier alpha value is -1.77. The summed E-state index contributed by atoms with van der Waals surface area (Å²) in [6.45, 7) is 7.26. The van der Waals surface area contributed by atoms with Crippen LogP contribution >= 0.6 is 0 Å². The van der Waals surface area contributed by atoms with Gasteiger partial charge in [0.25, 0.3) is 0 Å². The van der Waals surface area contributed by atoms with Crippen LogP contribution in [0.4, 0.5) is 5.69 Å². The first-order valence-corrected chi connectivity index (χ1v) is 6.94.